The Kier molecular flexibility index (Phi) is 7.28. The molecule has 2 rings (SSSR count). The van der Waals surface area contributed by atoms with E-state index in [1.165, 1.54) is 13.0 Å². The highest BCUT2D eigenvalue weighted by molar-refractivity contribution is 5.97. The minimum absolute atomic E-state index is 0.0213. The van der Waals surface area contributed by atoms with Crippen molar-refractivity contribution in [3.63, 3.8) is 0 Å². The number of carbonyl (C=O) groups is 3. The third kappa shape index (κ3) is 5.65. The fraction of sp³-hybridized carbons (Fsp3) is 0.286. The number of aliphatic hydroxyl groups is 1. The van der Waals surface area contributed by atoms with E-state index >= 15 is 0 Å². The number of hydrogen-bond acceptors (Lipinski definition) is 5. The molecule has 0 saturated heterocycles. The van der Waals surface area contributed by atoms with E-state index < -0.39 is 24.0 Å². The molecule has 0 heterocycles. The van der Waals surface area contributed by atoms with Crippen molar-refractivity contribution in [1.29, 1.82) is 0 Å². The molecular formula is C21H24N2O5. The predicted molar refractivity (Wildman–Crippen MR) is 104 cm³/mol. The zero-order valence-electron chi connectivity index (χ0n) is 15.8. The molecule has 7 heteroatoms. The SMILES string of the molecule is CC(=O)CNC(=O)[C@@H](O)[C@H](Cc1ccccc1)NC(=O)c1cccc(O)c1C. The maximum absolute atomic E-state index is 12.7. The third-order valence-corrected chi connectivity index (χ3v) is 4.33. The summed E-state index contributed by atoms with van der Waals surface area (Å²) in [6, 6.07) is 12.7. The number of benzene rings is 2. The summed E-state index contributed by atoms with van der Waals surface area (Å²) in [5, 5.41) is 25.3. The normalized spacial score (nSPS) is 12.7. The Morgan fingerprint density at radius 2 is 1.71 bits per heavy atom. The highest BCUT2D eigenvalue weighted by Crippen LogP contribution is 2.20. The number of phenols is 1. The molecule has 0 fully saturated rings. The third-order valence-electron chi connectivity index (χ3n) is 4.33. The fourth-order valence-corrected chi connectivity index (χ4v) is 2.72. The van der Waals surface area contributed by atoms with Crippen molar-refractivity contribution in [2.75, 3.05) is 6.54 Å². The first-order valence-corrected chi connectivity index (χ1v) is 8.88. The molecule has 7 nitrogen and oxygen atoms in total. The van der Waals surface area contributed by atoms with E-state index in [4.69, 9.17) is 0 Å². The lowest BCUT2D eigenvalue weighted by molar-refractivity contribution is -0.132. The van der Waals surface area contributed by atoms with Gasteiger partial charge in [-0.15, -0.1) is 0 Å². The Morgan fingerprint density at radius 3 is 2.36 bits per heavy atom. The highest BCUT2D eigenvalue weighted by Gasteiger charge is 2.28. The number of carbonyl (C=O) groups excluding carboxylic acids is 3. The molecule has 0 aliphatic rings. The number of ketones is 1. The molecule has 2 amide bonds. The van der Waals surface area contributed by atoms with Crippen LogP contribution in [0.25, 0.3) is 0 Å². The van der Waals surface area contributed by atoms with E-state index in [0.29, 0.717) is 5.56 Å². The van der Waals surface area contributed by atoms with Gasteiger partial charge in [0.1, 0.15) is 11.5 Å². The second kappa shape index (κ2) is 9.66. The van der Waals surface area contributed by atoms with Crippen molar-refractivity contribution in [3.05, 3.63) is 65.2 Å². The largest absolute Gasteiger partial charge is 0.508 e. The lowest BCUT2D eigenvalue weighted by atomic mass is 9.99. The average Bonchev–Trinajstić information content (AvgIpc) is 2.67. The van der Waals surface area contributed by atoms with Crippen LogP contribution in [0.1, 0.15) is 28.4 Å². The maximum atomic E-state index is 12.7. The van der Waals surface area contributed by atoms with Crippen molar-refractivity contribution in [3.8, 4) is 5.75 Å². The maximum Gasteiger partial charge on any atom is 0.252 e. The monoisotopic (exact) mass is 384 g/mol. The average molecular weight is 384 g/mol. The van der Waals surface area contributed by atoms with Crippen LogP contribution in [0.4, 0.5) is 0 Å². The summed E-state index contributed by atoms with van der Waals surface area (Å²) in [6.45, 7) is 2.72. The Labute approximate surface area is 163 Å². The molecule has 2 atom stereocenters. The first kappa shape index (κ1) is 21.1. The summed E-state index contributed by atoms with van der Waals surface area (Å²) in [4.78, 5) is 36.0. The number of aliphatic hydroxyl groups excluding tert-OH is 1. The van der Waals surface area contributed by atoms with Gasteiger partial charge in [-0.1, -0.05) is 36.4 Å². The molecule has 28 heavy (non-hydrogen) atoms. The van der Waals surface area contributed by atoms with E-state index in [2.05, 4.69) is 10.6 Å². The number of Topliss-reactive ketones (excluding diaryl/α,β-unsaturated/α-hetero) is 1. The molecule has 0 spiro atoms. The van der Waals surface area contributed by atoms with Crippen LogP contribution in [0.2, 0.25) is 0 Å². The molecule has 0 aliphatic heterocycles. The fourth-order valence-electron chi connectivity index (χ4n) is 2.72. The van der Waals surface area contributed by atoms with Crippen molar-refractivity contribution in [2.45, 2.75) is 32.4 Å². The van der Waals surface area contributed by atoms with Crippen molar-refractivity contribution in [1.82, 2.24) is 10.6 Å². The summed E-state index contributed by atoms with van der Waals surface area (Å²) >= 11 is 0. The Bertz CT molecular complexity index is 851. The Hall–Kier alpha value is -3.19. The predicted octanol–water partition coefficient (Wildman–Crippen LogP) is 1.11. The molecular weight excluding hydrogens is 360 g/mol. The van der Waals surface area contributed by atoms with Gasteiger partial charge in [-0.3, -0.25) is 14.4 Å². The number of phenolic OH excluding ortho intramolecular Hbond substituents is 1. The summed E-state index contributed by atoms with van der Waals surface area (Å²) in [5.41, 5.74) is 1.46. The number of nitrogens with one attached hydrogen (secondary N) is 2. The summed E-state index contributed by atoms with van der Waals surface area (Å²) in [6.07, 6.45) is -1.35. The number of aromatic hydroxyl groups is 1. The number of hydrogen-bond donors (Lipinski definition) is 4. The first-order valence-electron chi connectivity index (χ1n) is 8.88. The zero-order valence-corrected chi connectivity index (χ0v) is 15.8. The minimum Gasteiger partial charge on any atom is -0.508 e. The van der Waals surface area contributed by atoms with Crippen LogP contribution >= 0.6 is 0 Å². The van der Waals surface area contributed by atoms with Gasteiger partial charge in [-0.2, -0.15) is 0 Å². The van der Waals surface area contributed by atoms with E-state index in [9.17, 15) is 24.6 Å². The van der Waals surface area contributed by atoms with Gasteiger partial charge >= 0.3 is 0 Å². The second-order valence-corrected chi connectivity index (χ2v) is 6.58. The van der Waals surface area contributed by atoms with Crippen LogP contribution in [-0.4, -0.2) is 46.5 Å². The molecule has 0 radical (unpaired) electrons. The van der Waals surface area contributed by atoms with E-state index in [-0.39, 0.29) is 30.1 Å². The lowest BCUT2D eigenvalue weighted by Crippen LogP contribution is -2.52. The summed E-state index contributed by atoms with van der Waals surface area (Å²) in [5.74, 6) is -1.54. The highest BCUT2D eigenvalue weighted by atomic mass is 16.3. The van der Waals surface area contributed by atoms with Gasteiger partial charge in [0.2, 0.25) is 0 Å². The van der Waals surface area contributed by atoms with Crippen LogP contribution in [0.5, 0.6) is 5.75 Å². The van der Waals surface area contributed by atoms with Gasteiger partial charge in [0.25, 0.3) is 11.8 Å². The minimum atomic E-state index is -1.55. The Morgan fingerprint density at radius 1 is 1.04 bits per heavy atom. The molecule has 0 saturated carbocycles. The quantitative estimate of drug-likeness (QED) is 0.544. The molecule has 148 valence electrons. The molecule has 0 aliphatic carbocycles. The topological polar surface area (TPSA) is 116 Å². The number of rotatable bonds is 8. The Balaban J connectivity index is 2.22. The van der Waals surface area contributed by atoms with E-state index in [0.717, 1.165) is 5.56 Å². The van der Waals surface area contributed by atoms with Crippen LogP contribution in [0.15, 0.2) is 48.5 Å². The standard InChI is InChI=1S/C21H24N2O5/c1-13(24)12-22-21(28)19(26)17(11-15-7-4-3-5-8-15)23-20(27)16-9-6-10-18(25)14(16)2/h3-10,17,19,25-26H,11-12H2,1-2H3,(H,22,28)(H,23,27)/t17-,19-/m0/s1. The first-order chi connectivity index (χ1) is 13.3. The van der Waals surface area contributed by atoms with E-state index in [1.807, 2.05) is 30.3 Å². The van der Waals surface area contributed by atoms with Crippen molar-refractivity contribution >= 4 is 17.6 Å². The van der Waals surface area contributed by atoms with Gasteiger partial charge in [0, 0.05) is 11.1 Å². The second-order valence-electron chi connectivity index (χ2n) is 6.58. The molecule has 2 aromatic rings. The van der Waals surface area contributed by atoms with Gasteiger partial charge in [0.05, 0.1) is 12.6 Å². The number of amides is 2. The van der Waals surface area contributed by atoms with Gasteiger partial charge in [-0.05, 0) is 38.0 Å². The molecule has 4 N–H and O–H groups in total. The molecule has 0 unspecified atom stereocenters. The zero-order chi connectivity index (χ0) is 20.7. The van der Waals surface area contributed by atoms with Gasteiger partial charge < -0.3 is 20.8 Å². The summed E-state index contributed by atoms with van der Waals surface area (Å²) < 4.78 is 0. The van der Waals surface area contributed by atoms with Crippen molar-refractivity contribution in [2.24, 2.45) is 0 Å². The van der Waals surface area contributed by atoms with Crippen LogP contribution in [0.3, 0.4) is 0 Å². The smallest absolute Gasteiger partial charge is 0.252 e. The van der Waals surface area contributed by atoms with Gasteiger partial charge in [-0.25, -0.2) is 0 Å². The summed E-state index contributed by atoms with van der Waals surface area (Å²) in [7, 11) is 0. The lowest BCUT2D eigenvalue weighted by Gasteiger charge is -2.24. The van der Waals surface area contributed by atoms with E-state index in [1.54, 1.807) is 19.1 Å². The molecule has 0 aromatic heterocycles. The van der Waals surface area contributed by atoms with Gasteiger partial charge in [0.15, 0.2) is 6.10 Å². The van der Waals surface area contributed by atoms with Crippen LogP contribution < -0.4 is 10.6 Å². The van der Waals surface area contributed by atoms with Crippen LogP contribution in [-0.2, 0) is 16.0 Å². The van der Waals surface area contributed by atoms with Crippen LogP contribution in [0, 0.1) is 6.92 Å². The molecule has 0 bridgehead atoms. The van der Waals surface area contributed by atoms with Crippen molar-refractivity contribution < 1.29 is 24.6 Å². The molecule has 2 aromatic carbocycles.